The molecule has 1 aliphatic rings. The number of nitrogens with zero attached hydrogens (tertiary/aromatic N) is 5. The topological polar surface area (TPSA) is 111 Å². The molecule has 33 heavy (non-hydrogen) atoms. The molecule has 3 aromatic rings. The van der Waals surface area contributed by atoms with Crippen molar-refractivity contribution in [3.63, 3.8) is 0 Å². The molecule has 0 N–H and O–H groups in total. The summed E-state index contributed by atoms with van der Waals surface area (Å²) in [4.78, 5) is 29.7. The van der Waals surface area contributed by atoms with E-state index in [4.69, 9.17) is 16.3 Å². The number of amides is 1. The maximum absolute atomic E-state index is 12.8. The van der Waals surface area contributed by atoms with Crippen LogP contribution in [0, 0.1) is 10.1 Å². The summed E-state index contributed by atoms with van der Waals surface area (Å²) in [6.45, 7) is 3.50. The Kier molecular flexibility index (Phi) is 6.75. The number of halogens is 1. The van der Waals surface area contributed by atoms with Crippen molar-refractivity contribution in [2.45, 2.75) is 38.1 Å². The number of carbonyl (C=O) groups excluding carboxylic acids is 1. The Morgan fingerprint density at radius 2 is 2.06 bits per heavy atom. The number of benzene rings is 2. The van der Waals surface area contributed by atoms with Gasteiger partial charge >= 0.3 is 0 Å². The molecule has 2 aromatic carbocycles. The quantitative estimate of drug-likeness (QED) is 0.196. The fourth-order valence-corrected chi connectivity index (χ4v) is 4.51. The second-order valence-corrected chi connectivity index (χ2v) is 8.76. The lowest BCUT2D eigenvalue weighted by Gasteiger charge is -2.29. The molecule has 1 aliphatic heterocycles. The Hall–Kier alpha value is -3.24. The smallest absolute Gasteiger partial charge is 0.288 e. The van der Waals surface area contributed by atoms with Crippen LogP contribution in [0.5, 0.6) is 5.88 Å². The van der Waals surface area contributed by atoms with Crippen LogP contribution in [0.3, 0.4) is 0 Å². The van der Waals surface area contributed by atoms with Crippen molar-refractivity contribution < 1.29 is 14.5 Å². The van der Waals surface area contributed by atoms with Crippen molar-refractivity contribution in [3.05, 3.63) is 63.2 Å². The van der Waals surface area contributed by atoms with Crippen LogP contribution in [0.4, 0.5) is 11.4 Å². The molecule has 0 bridgehead atoms. The van der Waals surface area contributed by atoms with E-state index in [1.54, 1.807) is 24.3 Å². The Balaban J connectivity index is 1.88. The molecule has 170 valence electrons. The highest BCUT2D eigenvalue weighted by Gasteiger charge is 2.35. The molecular weight excluding hydrogens is 466 g/mol. The Morgan fingerprint density at radius 1 is 1.27 bits per heavy atom. The molecule has 1 atom stereocenters. The van der Waals surface area contributed by atoms with E-state index in [9.17, 15) is 14.9 Å². The van der Waals surface area contributed by atoms with Crippen molar-refractivity contribution >= 4 is 40.6 Å². The Labute approximate surface area is 199 Å². The van der Waals surface area contributed by atoms with Crippen LogP contribution < -0.4 is 9.64 Å². The molecule has 0 aliphatic carbocycles. The average molecular weight is 486 g/mol. The van der Waals surface area contributed by atoms with Crippen molar-refractivity contribution in [3.8, 4) is 17.1 Å². The van der Waals surface area contributed by atoms with E-state index in [-0.39, 0.29) is 22.5 Å². The summed E-state index contributed by atoms with van der Waals surface area (Å²) in [5.74, 6) is 0.714. The molecule has 0 radical (unpaired) electrons. The molecule has 0 saturated heterocycles. The number of ether oxygens (including phenoxy) is 1. The normalized spacial score (nSPS) is 14.6. The second-order valence-electron chi connectivity index (χ2n) is 7.29. The maximum atomic E-state index is 12.8. The van der Waals surface area contributed by atoms with Gasteiger partial charge in [-0.3, -0.25) is 19.8 Å². The lowest BCUT2D eigenvalue weighted by atomic mass is 10.1. The largest absolute Gasteiger partial charge is 0.447 e. The van der Waals surface area contributed by atoms with Crippen molar-refractivity contribution in [2.75, 3.05) is 10.7 Å². The summed E-state index contributed by atoms with van der Waals surface area (Å²) in [6, 6.07) is 11.5. The zero-order chi connectivity index (χ0) is 23.5. The van der Waals surface area contributed by atoms with Crippen LogP contribution in [0.25, 0.3) is 11.3 Å². The van der Waals surface area contributed by atoms with Gasteiger partial charge in [-0.1, -0.05) is 61.0 Å². The summed E-state index contributed by atoms with van der Waals surface area (Å²) in [6.07, 6.45) is 1.02. The van der Waals surface area contributed by atoms with E-state index in [0.717, 1.165) is 18.6 Å². The molecule has 2 heterocycles. The molecule has 4 rings (SSSR count). The molecular formula is C22H20ClN5O4S. The Morgan fingerprint density at radius 3 is 2.79 bits per heavy atom. The number of fused-ring (bicyclic) bond motifs is 3. The van der Waals surface area contributed by atoms with Crippen LogP contribution >= 0.6 is 23.4 Å². The number of carbonyl (C=O) groups is 1. The minimum Gasteiger partial charge on any atom is -0.447 e. The highest BCUT2D eigenvalue weighted by atomic mass is 35.5. The lowest BCUT2D eigenvalue weighted by molar-refractivity contribution is -0.384. The zero-order valence-electron chi connectivity index (χ0n) is 17.9. The summed E-state index contributed by atoms with van der Waals surface area (Å²) in [5, 5.41) is 20.5. The summed E-state index contributed by atoms with van der Waals surface area (Å²) in [7, 11) is 0. The molecule has 11 heteroatoms. The van der Waals surface area contributed by atoms with E-state index in [2.05, 4.69) is 22.1 Å². The zero-order valence-corrected chi connectivity index (χ0v) is 19.5. The third-order valence-corrected chi connectivity index (χ3v) is 6.28. The van der Waals surface area contributed by atoms with E-state index < -0.39 is 11.2 Å². The number of hydrogen-bond acceptors (Lipinski definition) is 8. The van der Waals surface area contributed by atoms with Gasteiger partial charge in [0.05, 0.1) is 10.6 Å². The molecule has 1 amide bonds. The molecule has 0 fully saturated rings. The molecule has 0 spiro atoms. The van der Waals surface area contributed by atoms with Gasteiger partial charge in [-0.25, -0.2) is 0 Å². The minimum absolute atomic E-state index is 0.00820. The van der Waals surface area contributed by atoms with Crippen molar-refractivity contribution in [1.29, 1.82) is 0 Å². The van der Waals surface area contributed by atoms with Gasteiger partial charge in [0.2, 0.25) is 23.2 Å². The number of rotatable bonds is 6. The average Bonchev–Trinajstić information content (AvgIpc) is 2.93. The first-order chi connectivity index (χ1) is 15.9. The van der Waals surface area contributed by atoms with E-state index in [1.165, 1.54) is 35.7 Å². The van der Waals surface area contributed by atoms with E-state index in [0.29, 0.717) is 27.7 Å². The molecule has 1 unspecified atom stereocenters. The van der Waals surface area contributed by atoms with Gasteiger partial charge in [-0.15, -0.1) is 10.2 Å². The van der Waals surface area contributed by atoms with Crippen LogP contribution in [-0.2, 0) is 4.79 Å². The number of nitro benzene ring substituents is 1. The highest BCUT2D eigenvalue weighted by molar-refractivity contribution is 7.99. The van der Waals surface area contributed by atoms with Crippen molar-refractivity contribution in [2.24, 2.45) is 0 Å². The molecule has 9 nitrogen and oxygen atoms in total. The van der Waals surface area contributed by atoms with Crippen molar-refractivity contribution in [1.82, 2.24) is 15.2 Å². The molecule has 0 saturated carbocycles. The number of para-hydroxylation sites is 1. The van der Waals surface area contributed by atoms with Gasteiger partial charge in [0, 0.05) is 29.9 Å². The Bertz CT molecular complexity index is 1230. The standard InChI is InChI=1S/C22H20ClN5O4S/c1-3-4-11-33-22-24-20-19(25-26-22)15-7-5-6-8-17(15)27(13(2)29)21(32-20)14-9-10-16(23)18(12-14)28(30)31/h5-10,12,21H,3-4,11H2,1-2H3. The number of nitro groups is 1. The predicted octanol–water partition coefficient (Wildman–Crippen LogP) is 5.44. The number of anilines is 1. The summed E-state index contributed by atoms with van der Waals surface area (Å²) >= 11 is 7.47. The van der Waals surface area contributed by atoms with Gasteiger partial charge in [0.1, 0.15) is 5.02 Å². The van der Waals surface area contributed by atoms with Gasteiger partial charge in [-0.05, 0) is 18.6 Å². The monoisotopic (exact) mass is 485 g/mol. The number of unbranched alkanes of at least 4 members (excludes halogenated alkanes) is 1. The third-order valence-electron chi connectivity index (χ3n) is 5.03. The fourth-order valence-electron chi connectivity index (χ4n) is 3.46. The van der Waals surface area contributed by atoms with Crippen LogP contribution in [0.1, 0.15) is 38.5 Å². The van der Waals surface area contributed by atoms with Crippen LogP contribution in [0.2, 0.25) is 5.02 Å². The second kappa shape index (κ2) is 9.72. The maximum Gasteiger partial charge on any atom is 0.288 e. The van der Waals surface area contributed by atoms with Crippen LogP contribution in [0.15, 0.2) is 47.6 Å². The van der Waals surface area contributed by atoms with Gasteiger partial charge in [0.25, 0.3) is 5.69 Å². The number of aromatic nitrogens is 3. The molecule has 1 aromatic heterocycles. The first kappa shape index (κ1) is 22.9. The number of thioether (sulfide) groups is 1. The van der Waals surface area contributed by atoms with Gasteiger partial charge in [-0.2, -0.15) is 4.98 Å². The predicted molar refractivity (Wildman–Crippen MR) is 126 cm³/mol. The summed E-state index contributed by atoms with van der Waals surface area (Å²) < 4.78 is 6.23. The van der Waals surface area contributed by atoms with Gasteiger partial charge in [0.15, 0.2) is 5.69 Å². The van der Waals surface area contributed by atoms with E-state index in [1.807, 2.05) is 6.07 Å². The van der Waals surface area contributed by atoms with E-state index >= 15 is 0 Å². The summed E-state index contributed by atoms with van der Waals surface area (Å²) in [5.41, 5.74) is 1.65. The first-order valence-electron chi connectivity index (χ1n) is 10.3. The van der Waals surface area contributed by atoms with Crippen LogP contribution in [-0.4, -0.2) is 31.8 Å². The SMILES string of the molecule is CCCCSc1nnc2c(n1)OC(c1ccc(Cl)c([N+](=O)[O-])c1)N(C(C)=O)c1ccccc1-2. The highest BCUT2D eigenvalue weighted by Crippen LogP contribution is 2.44. The lowest BCUT2D eigenvalue weighted by Crippen LogP contribution is -2.36. The third kappa shape index (κ3) is 4.62. The fraction of sp³-hybridized carbons (Fsp3) is 0.273. The first-order valence-corrected chi connectivity index (χ1v) is 11.6. The minimum atomic E-state index is -1.02. The van der Waals surface area contributed by atoms with Gasteiger partial charge < -0.3 is 4.74 Å². The number of hydrogen-bond donors (Lipinski definition) is 0.